The summed E-state index contributed by atoms with van der Waals surface area (Å²) < 4.78 is 0. The van der Waals surface area contributed by atoms with E-state index < -0.39 is 0 Å². The molecule has 0 spiro atoms. The zero-order valence-corrected chi connectivity index (χ0v) is 7.68. The molecule has 0 aromatic heterocycles. The summed E-state index contributed by atoms with van der Waals surface area (Å²) in [4.78, 5) is 0. The molecule has 1 aliphatic carbocycles. The maximum absolute atomic E-state index is 3.79. The van der Waals surface area contributed by atoms with Crippen molar-refractivity contribution in [2.45, 2.75) is 45.4 Å². The molecule has 0 amide bonds. The van der Waals surface area contributed by atoms with E-state index in [4.69, 9.17) is 0 Å². The van der Waals surface area contributed by atoms with Crippen LogP contribution in [0.3, 0.4) is 0 Å². The van der Waals surface area contributed by atoms with Gasteiger partial charge in [0.25, 0.3) is 0 Å². The van der Waals surface area contributed by atoms with E-state index in [9.17, 15) is 0 Å². The third kappa shape index (κ3) is 2.69. The van der Waals surface area contributed by atoms with Crippen molar-refractivity contribution in [3.8, 4) is 0 Å². The van der Waals surface area contributed by atoms with Gasteiger partial charge in [-0.1, -0.05) is 32.3 Å². The van der Waals surface area contributed by atoms with Gasteiger partial charge in [0, 0.05) is 0 Å². The summed E-state index contributed by atoms with van der Waals surface area (Å²) in [5.41, 5.74) is 0. The van der Waals surface area contributed by atoms with Crippen LogP contribution in [-0.2, 0) is 0 Å². The highest BCUT2D eigenvalue weighted by Gasteiger charge is 2.18. The van der Waals surface area contributed by atoms with Crippen molar-refractivity contribution in [2.24, 2.45) is 11.8 Å². The monoisotopic (exact) mass is 152 g/mol. The number of allylic oxidation sites excluding steroid dienone is 1. The molecule has 0 saturated heterocycles. The first-order valence-corrected chi connectivity index (χ1v) is 4.97. The molecule has 0 aliphatic heterocycles. The molecule has 1 fully saturated rings. The number of hydrogen-bond acceptors (Lipinski definition) is 0. The summed E-state index contributed by atoms with van der Waals surface area (Å²) in [5.74, 6) is 2.01. The summed E-state index contributed by atoms with van der Waals surface area (Å²) in [6, 6.07) is 0. The van der Waals surface area contributed by atoms with Crippen molar-refractivity contribution in [3.63, 3.8) is 0 Å². The summed E-state index contributed by atoms with van der Waals surface area (Å²) in [6.07, 6.45) is 10.5. The molecule has 0 atom stereocenters. The van der Waals surface area contributed by atoms with Crippen molar-refractivity contribution >= 4 is 0 Å². The first-order valence-electron chi connectivity index (χ1n) is 4.97. The highest BCUT2D eigenvalue weighted by molar-refractivity contribution is 4.78. The van der Waals surface area contributed by atoms with E-state index in [0.717, 1.165) is 11.8 Å². The van der Waals surface area contributed by atoms with E-state index in [0.29, 0.717) is 0 Å². The molecule has 1 rings (SSSR count). The van der Waals surface area contributed by atoms with Crippen LogP contribution in [0, 0.1) is 11.8 Å². The normalized spacial score (nSPS) is 31.7. The van der Waals surface area contributed by atoms with Gasteiger partial charge in [0.2, 0.25) is 0 Å². The van der Waals surface area contributed by atoms with Gasteiger partial charge in [-0.15, -0.1) is 6.58 Å². The van der Waals surface area contributed by atoms with E-state index in [2.05, 4.69) is 19.6 Å². The molecule has 1 aliphatic rings. The fourth-order valence-corrected chi connectivity index (χ4v) is 2.11. The maximum Gasteiger partial charge on any atom is -0.0325 e. The first-order chi connectivity index (χ1) is 5.36. The van der Waals surface area contributed by atoms with E-state index in [-0.39, 0.29) is 0 Å². The molecule has 0 N–H and O–H groups in total. The lowest BCUT2D eigenvalue weighted by Gasteiger charge is -2.26. The first kappa shape index (κ1) is 8.83. The lowest BCUT2D eigenvalue weighted by Crippen LogP contribution is -2.13. The number of rotatable bonds is 3. The highest BCUT2D eigenvalue weighted by Crippen LogP contribution is 2.32. The van der Waals surface area contributed by atoms with Gasteiger partial charge >= 0.3 is 0 Å². The van der Waals surface area contributed by atoms with Crippen LogP contribution < -0.4 is 0 Å². The predicted octanol–water partition coefficient (Wildman–Crippen LogP) is 3.78. The van der Waals surface area contributed by atoms with Gasteiger partial charge in [0.05, 0.1) is 0 Å². The largest absolute Gasteiger partial charge is 0.103 e. The van der Waals surface area contributed by atoms with E-state index in [1.165, 1.54) is 38.5 Å². The van der Waals surface area contributed by atoms with Gasteiger partial charge in [-0.25, -0.2) is 0 Å². The lowest BCUT2D eigenvalue weighted by atomic mass is 9.79. The molecule has 0 radical (unpaired) electrons. The van der Waals surface area contributed by atoms with Crippen LogP contribution in [0.5, 0.6) is 0 Å². The van der Waals surface area contributed by atoms with Crippen LogP contribution in [0.2, 0.25) is 0 Å². The zero-order chi connectivity index (χ0) is 8.10. The van der Waals surface area contributed by atoms with Gasteiger partial charge in [-0.3, -0.25) is 0 Å². The third-order valence-electron chi connectivity index (χ3n) is 3.04. The Kier molecular flexibility index (Phi) is 3.68. The average molecular weight is 152 g/mol. The summed E-state index contributed by atoms with van der Waals surface area (Å²) in [7, 11) is 0. The summed E-state index contributed by atoms with van der Waals surface area (Å²) >= 11 is 0. The number of hydrogen-bond donors (Lipinski definition) is 0. The standard InChI is InChI=1S/C11H20/c1-3-5-11-8-6-10(4-2)7-9-11/h3,10-11H,1,4-9H2,2H3/t10-,11-. The van der Waals surface area contributed by atoms with Crippen molar-refractivity contribution in [3.05, 3.63) is 12.7 Å². The minimum Gasteiger partial charge on any atom is -0.103 e. The van der Waals surface area contributed by atoms with Gasteiger partial charge in [-0.05, 0) is 31.1 Å². The summed E-state index contributed by atoms with van der Waals surface area (Å²) in [6.45, 7) is 6.11. The molecule has 0 heterocycles. The molecule has 0 heteroatoms. The Morgan fingerprint density at radius 2 is 1.73 bits per heavy atom. The molecule has 64 valence electrons. The van der Waals surface area contributed by atoms with Gasteiger partial charge < -0.3 is 0 Å². The fraction of sp³-hybridized carbons (Fsp3) is 0.818. The average Bonchev–Trinajstić information content (AvgIpc) is 2.07. The Morgan fingerprint density at radius 3 is 2.18 bits per heavy atom. The van der Waals surface area contributed by atoms with E-state index in [1.54, 1.807) is 0 Å². The van der Waals surface area contributed by atoms with Gasteiger partial charge in [-0.2, -0.15) is 0 Å². The molecule has 0 aromatic rings. The van der Waals surface area contributed by atoms with Crippen LogP contribution in [0.15, 0.2) is 12.7 Å². The van der Waals surface area contributed by atoms with Crippen LogP contribution in [0.25, 0.3) is 0 Å². The van der Waals surface area contributed by atoms with Crippen molar-refractivity contribution < 1.29 is 0 Å². The van der Waals surface area contributed by atoms with E-state index in [1.807, 2.05) is 0 Å². The molecule has 0 aromatic carbocycles. The minimum atomic E-state index is 0.968. The fourth-order valence-electron chi connectivity index (χ4n) is 2.11. The SMILES string of the molecule is C=CC[C@H]1CC[C@H](CC)CC1. The Morgan fingerprint density at radius 1 is 1.18 bits per heavy atom. The molecule has 0 unspecified atom stereocenters. The van der Waals surface area contributed by atoms with Crippen molar-refractivity contribution in [2.75, 3.05) is 0 Å². The van der Waals surface area contributed by atoms with Crippen LogP contribution in [0.4, 0.5) is 0 Å². The zero-order valence-electron chi connectivity index (χ0n) is 7.68. The molecule has 11 heavy (non-hydrogen) atoms. The minimum absolute atomic E-state index is 0.968. The maximum atomic E-state index is 3.79. The van der Waals surface area contributed by atoms with Crippen molar-refractivity contribution in [1.82, 2.24) is 0 Å². The molecule has 0 bridgehead atoms. The Balaban J connectivity index is 2.18. The Labute approximate surface area is 70.7 Å². The Hall–Kier alpha value is -0.260. The van der Waals surface area contributed by atoms with Crippen LogP contribution in [0.1, 0.15) is 45.4 Å². The smallest absolute Gasteiger partial charge is 0.0325 e. The lowest BCUT2D eigenvalue weighted by molar-refractivity contribution is 0.271. The molecular weight excluding hydrogens is 132 g/mol. The topological polar surface area (TPSA) is 0 Å². The predicted molar refractivity (Wildman–Crippen MR) is 50.6 cm³/mol. The molecule has 0 nitrogen and oxygen atoms in total. The third-order valence-corrected chi connectivity index (χ3v) is 3.04. The summed E-state index contributed by atoms with van der Waals surface area (Å²) in [5, 5.41) is 0. The van der Waals surface area contributed by atoms with Crippen LogP contribution >= 0.6 is 0 Å². The highest BCUT2D eigenvalue weighted by atomic mass is 14.2. The Bertz CT molecular complexity index is 107. The quantitative estimate of drug-likeness (QED) is 0.540. The van der Waals surface area contributed by atoms with E-state index >= 15 is 0 Å². The molecular formula is C11H20. The van der Waals surface area contributed by atoms with Crippen molar-refractivity contribution in [1.29, 1.82) is 0 Å². The second-order valence-corrected chi connectivity index (χ2v) is 3.82. The second kappa shape index (κ2) is 4.58. The van der Waals surface area contributed by atoms with Gasteiger partial charge in [0.15, 0.2) is 0 Å². The van der Waals surface area contributed by atoms with Crippen LogP contribution in [-0.4, -0.2) is 0 Å². The second-order valence-electron chi connectivity index (χ2n) is 3.82. The van der Waals surface area contributed by atoms with Gasteiger partial charge in [0.1, 0.15) is 0 Å². The molecule has 1 saturated carbocycles.